The maximum absolute atomic E-state index is 11.0. The Morgan fingerprint density at radius 1 is 1.33 bits per heavy atom. The van der Waals surface area contributed by atoms with Crippen LogP contribution in [-0.2, 0) is 14.6 Å². The van der Waals surface area contributed by atoms with E-state index in [1.807, 2.05) is 0 Å². The second-order valence-electron chi connectivity index (χ2n) is 3.58. The van der Waals surface area contributed by atoms with Gasteiger partial charge in [-0.1, -0.05) is 0 Å². The van der Waals surface area contributed by atoms with Gasteiger partial charge in [-0.15, -0.1) is 0 Å². The van der Waals surface area contributed by atoms with Crippen molar-refractivity contribution in [2.45, 2.75) is 24.5 Å². The first-order valence-corrected chi connectivity index (χ1v) is 5.88. The molecule has 0 aromatic heterocycles. The number of hydrogen-bond donors (Lipinski definition) is 1. The third-order valence-electron chi connectivity index (χ3n) is 2.62. The number of rotatable bonds is 1. The van der Waals surface area contributed by atoms with Gasteiger partial charge in [-0.25, -0.2) is 8.42 Å². The molecule has 0 spiro atoms. The second-order valence-corrected chi connectivity index (χ2v) is 5.88. The molecule has 2 fully saturated rings. The van der Waals surface area contributed by atoms with E-state index < -0.39 is 15.4 Å². The van der Waals surface area contributed by atoms with Crippen LogP contribution in [0.25, 0.3) is 0 Å². The molecule has 4 nitrogen and oxygen atoms in total. The summed E-state index contributed by atoms with van der Waals surface area (Å²) in [5, 5.41) is 9.85. The van der Waals surface area contributed by atoms with E-state index in [1.165, 1.54) is 0 Å². The molecule has 0 aromatic rings. The minimum Gasteiger partial charge on any atom is -0.387 e. The number of hydrogen-bond acceptors (Lipinski definition) is 4. The van der Waals surface area contributed by atoms with Crippen LogP contribution in [0.5, 0.6) is 0 Å². The Kier molecular flexibility index (Phi) is 1.72. The molecule has 70 valence electrons. The first-order chi connectivity index (χ1) is 5.52. The van der Waals surface area contributed by atoms with Crippen molar-refractivity contribution < 1.29 is 18.3 Å². The molecule has 2 aliphatic heterocycles. The predicted molar refractivity (Wildman–Crippen MR) is 42.6 cm³/mol. The fourth-order valence-electron chi connectivity index (χ4n) is 1.57. The zero-order valence-electron chi connectivity index (χ0n) is 6.69. The van der Waals surface area contributed by atoms with Crippen LogP contribution in [0.15, 0.2) is 0 Å². The Labute approximate surface area is 71.5 Å². The lowest BCUT2D eigenvalue weighted by atomic mass is 9.93. The Morgan fingerprint density at radius 3 is 2.25 bits per heavy atom. The van der Waals surface area contributed by atoms with Crippen LogP contribution in [0.1, 0.15) is 12.8 Å². The summed E-state index contributed by atoms with van der Waals surface area (Å²) in [6.07, 6.45) is 0.563. The summed E-state index contributed by atoms with van der Waals surface area (Å²) < 4.78 is 27.0. The zero-order valence-corrected chi connectivity index (χ0v) is 7.51. The lowest BCUT2D eigenvalue weighted by Crippen LogP contribution is -2.43. The summed E-state index contributed by atoms with van der Waals surface area (Å²) in [5.74, 6) is 0.201. The molecule has 0 amide bonds. The van der Waals surface area contributed by atoms with Crippen LogP contribution in [0, 0.1) is 0 Å². The van der Waals surface area contributed by atoms with Crippen LogP contribution in [-0.4, -0.2) is 43.3 Å². The lowest BCUT2D eigenvalue weighted by molar-refractivity contribution is 0.00283. The van der Waals surface area contributed by atoms with Crippen LogP contribution in [0.3, 0.4) is 0 Å². The summed E-state index contributed by atoms with van der Waals surface area (Å²) in [4.78, 5) is 0. The minimum absolute atomic E-state index is 0.101. The normalized spacial score (nSPS) is 37.6. The molecule has 1 atom stereocenters. The van der Waals surface area contributed by atoms with Gasteiger partial charge in [0.2, 0.25) is 0 Å². The number of epoxide rings is 1. The molecular weight excluding hydrogens is 180 g/mol. The number of aliphatic hydroxyl groups is 1. The van der Waals surface area contributed by atoms with Gasteiger partial charge in [-0.05, 0) is 12.8 Å². The monoisotopic (exact) mass is 192 g/mol. The zero-order chi connectivity index (χ0) is 8.82. The van der Waals surface area contributed by atoms with Gasteiger partial charge in [0.25, 0.3) is 0 Å². The summed E-state index contributed by atoms with van der Waals surface area (Å²) in [5.41, 5.74) is -0.856. The highest BCUT2D eigenvalue weighted by atomic mass is 32.2. The summed E-state index contributed by atoms with van der Waals surface area (Å²) >= 11 is 0. The van der Waals surface area contributed by atoms with Crippen LogP contribution >= 0.6 is 0 Å². The van der Waals surface area contributed by atoms with Crippen molar-refractivity contribution in [1.29, 1.82) is 0 Å². The van der Waals surface area contributed by atoms with E-state index in [2.05, 4.69) is 0 Å². The average Bonchev–Trinajstić information content (AvgIpc) is 2.78. The molecule has 0 bridgehead atoms. The van der Waals surface area contributed by atoms with Crippen molar-refractivity contribution in [2.75, 3.05) is 18.1 Å². The first-order valence-electron chi connectivity index (χ1n) is 4.06. The molecule has 0 radical (unpaired) electrons. The Hall–Kier alpha value is -0.130. The van der Waals surface area contributed by atoms with Gasteiger partial charge < -0.3 is 9.84 Å². The quantitative estimate of drug-likeness (QED) is 0.559. The largest absolute Gasteiger partial charge is 0.387 e. The molecule has 5 heteroatoms. The highest BCUT2D eigenvalue weighted by Crippen LogP contribution is 2.34. The fraction of sp³-hybridized carbons (Fsp3) is 1.00. The van der Waals surface area contributed by atoms with Gasteiger partial charge in [-0.3, -0.25) is 0 Å². The number of sulfone groups is 1. The van der Waals surface area contributed by atoms with E-state index in [4.69, 9.17) is 4.74 Å². The predicted octanol–water partition coefficient (Wildman–Crippen LogP) is -0.675. The molecule has 2 rings (SSSR count). The van der Waals surface area contributed by atoms with Gasteiger partial charge in [0, 0.05) is 0 Å². The molecule has 2 heterocycles. The molecule has 0 aliphatic carbocycles. The summed E-state index contributed by atoms with van der Waals surface area (Å²) in [6.45, 7) is 0.580. The van der Waals surface area contributed by atoms with Gasteiger partial charge in [-0.2, -0.15) is 0 Å². The maximum Gasteiger partial charge on any atom is 0.150 e. The van der Waals surface area contributed by atoms with Crippen LogP contribution in [0.4, 0.5) is 0 Å². The van der Waals surface area contributed by atoms with Crippen molar-refractivity contribution in [3.8, 4) is 0 Å². The topological polar surface area (TPSA) is 66.9 Å². The van der Waals surface area contributed by atoms with E-state index in [-0.39, 0.29) is 17.6 Å². The molecule has 12 heavy (non-hydrogen) atoms. The van der Waals surface area contributed by atoms with E-state index in [9.17, 15) is 13.5 Å². The van der Waals surface area contributed by atoms with E-state index >= 15 is 0 Å². The van der Waals surface area contributed by atoms with Crippen LogP contribution in [0.2, 0.25) is 0 Å². The van der Waals surface area contributed by atoms with Gasteiger partial charge in [0.1, 0.15) is 6.10 Å². The van der Waals surface area contributed by atoms with Crippen molar-refractivity contribution in [3.63, 3.8) is 0 Å². The maximum atomic E-state index is 11.0. The molecular formula is C7H12O4S. The smallest absolute Gasteiger partial charge is 0.150 e. The minimum atomic E-state index is -2.88. The molecule has 2 aliphatic rings. The fourth-order valence-corrected chi connectivity index (χ4v) is 3.10. The highest BCUT2D eigenvalue weighted by Gasteiger charge is 2.48. The second kappa shape index (κ2) is 2.43. The lowest BCUT2D eigenvalue weighted by Gasteiger charge is -2.30. The average molecular weight is 192 g/mol. The summed E-state index contributed by atoms with van der Waals surface area (Å²) in [6, 6.07) is 0. The van der Waals surface area contributed by atoms with E-state index in [0.717, 1.165) is 0 Å². The Morgan fingerprint density at radius 2 is 1.83 bits per heavy atom. The number of ether oxygens (including phenoxy) is 1. The van der Waals surface area contributed by atoms with Gasteiger partial charge >= 0.3 is 0 Å². The molecule has 1 unspecified atom stereocenters. The van der Waals surface area contributed by atoms with Gasteiger partial charge in [0.05, 0.1) is 23.7 Å². The van der Waals surface area contributed by atoms with Crippen molar-refractivity contribution in [2.24, 2.45) is 0 Å². The van der Waals surface area contributed by atoms with E-state index in [0.29, 0.717) is 19.4 Å². The SMILES string of the molecule is O=S1(=O)CCC(O)(C2CO2)CC1. The Bertz CT molecular complexity index is 264. The van der Waals surface area contributed by atoms with Crippen LogP contribution < -0.4 is 0 Å². The third kappa shape index (κ3) is 1.48. The Balaban J connectivity index is 2.05. The van der Waals surface area contributed by atoms with Crippen molar-refractivity contribution in [1.82, 2.24) is 0 Å². The van der Waals surface area contributed by atoms with Crippen molar-refractivity contribution in [3.05, 3.63) is 0 Å². The molecule has 0 saturated carbocycles. The standard InChI is InChI=1S/C7H12O4S/c8-7(6-5-11-6)1-3-12(9,10)4-2-7/h6,8H,1-5H2. The van der Waals surface area contributed by atoms with Gasteiger partial charge in [0.15, 0.2) is 9.84 Å². The highest BCUT2D eigenvalue weighted by molar-refractivity contribution is 7.91. The van der Waals surface area contributed by atoms with Crippen molar-refractivity contribution >= 4 is 9.84 Å². The molecule has 2 saturated heterocycles. The first kappa shape index (κ1) is 8.47. The van der Waals surface area contributed by atoms with E-state index in [1.54, 1.807) is 0 Å². The molecule has 0 aromatic carbocycles. The summed E-state index contributed by atoms with van der Waals surface area (Å²) in [7, 11) is -2.88. The molecule has 1 N–H and O–H groups in total. The third-order valence-corrected chi connectivity index (χ3v) is 4.28.